The van der Waals surface area contributed by atoms with Gasteiger partial charge in [0.05, 0.1) is 13.2 Å². The number of benzene rings is 1. The van der Waals surface area contributed by atoms with E-state index in [0.29, 0.717) is 12.5 Å². The van der Waals surface area contributed by atoms with Gasteiger partial charge in [0, 0.05) is 12.1 Å². The molecule has 0 bridgehead atoms. The molecule has 1 aromatic carbocycles. The molecule has 1 saturated heterocycles. The van der Waals surface area contributed by atoms with Gasteiger partial charge in [-0.1, -0.05) is 13.8 Å². The summed E-state index contributed by atoms with van der Waals surface area (Å²) in [5.41, 5.74) is 0.784. The van der Waals surface area contributed by atoms with E-state index >= 15 is 0 Å². The van der Waals surface area contributed by atoms with Gasteiger partial charge in [-0.2, -0.15) is 0 Å². The molecular formula is C17H25NO2. The highest BCUT2D eigenvalue weighted by Crippen LogP contribution is 2.17. The van der Waals surface area contributed by atoms with Gasteiger partial charge < -0.3 is 4.74 Å². The number of rotatable bonds is 6. The van der Waals surface area contributed by atoms with Crippen LogP contribution in [0.15, 0.2) is 24.3 Å². The van der Waals surface area contributed by atoms with E-state index in [4.69, 9.17) is 4.74 Å². The predicted octanol–water partition coefficient (Wildman–Crippen LogP) is 3.39. The number of carbonyl (C=O) groups is 1. The second-order valence-electron chi connectivity index (χ2n) is 5.78. The summed E-state index contributed by atoms with van der Waals surface area (Å²) < 4.78 is 5.53. The first-order valence-corrected chi connectivity index (χ1v) is 7.67. The van der Waals surface area contributed by atoms with E-state index in [-0.39, 0.29) is 5.78 Å². The van der Waals surface area contributed by atoms with E-state index in [1.165, 1.54) is 12.8 Å². The molecular weight excluding hydrogens is 250 g/mol. The lowest BCUT2D eigenvalue weighted by molar-refractivity contribution is 0.0893. The minimum absolute atomic E-state index is 0.209. The fourth-order valence-electron chi connectivity index (χ4n) is 2.68. The van der Waals surface area contributed by atoms with Gasteiger partial charge >= 0.3 is 0 Å². The molecule has 0 aliphatic carbocycles. The monoisotopic (exact) mass is 275 g/mol. The minimum atomic E-state index is 0.209. The van der Waals surface area contributed by atoms with E-state index in [2.05, 4.69) is 18.7 Å². The maximum atomic E-state index is 12.3. The second-order valence-corrected chi connectivity index (χ2v) is 5.78. The number of hydrogen-bond donors (Lipinski definition) is 0. The molecule has 0 amide bonds. The molecule has 2 rings (SSSR count). The highest BCUT2D eigenvalue weighted by atomic mass is 16.5. The first-order valence-electron chi connectivity index (χ1n) is 7.67. The Kier molecular flexibility index (Phi) is 5.60. The van der Waals surface area contributed by atoms with E-state index in [1.54, 1.807) is 0 Å². The zero-order valence-electron chi connectivity index (χ0n) is 12.6. The van der Waals surface area contributed by atoms with E-state index in [0.717, 1.165) is 37.4 Å². The van der Waals surface area contributed by atoms with Crippen molar-refractivity contribution in [2.45, 2.75) is 33.1 Å². The summed E-state index contributed by atoms with van der Waals surface area (Å²) in [5, 5.41) is 0. The molecule has 0 radical (unpaired) electrons. The quantitative estimate of drug-likeness (QED) is 0.745. The smallest absolute Gasteiger partial charge is 0.176 e. The number of piperidine rings is 1. The molecule has 1 aromatic rings. The molecule has 3 nitrogen and oxygen atoms in total. The largest absolute Gasteiger partial charge is 0.494 e. The molecule has 1 heterocycles. The lowest BCUT2D eigenvalue weighted by Gasteiger charge is -2.30. The van der Waals surface area contributed by atoms with E-state index in [1.807, 2.05) is 24.3 Å². The summed E-state index contributed by atoms with van der Waals surface area (Å²) in [7, 11) is 0. The van der Waals surface area contributed by atoms with E-state index < -0.39 is 0 Å². The van der Waals surface area contributed by atoms with E-state index in [9.17, 15) is 4.79 Å². The van der Waals surface area contributed by atoms with Crippen LogP contribution in [0.4, 0.5) is 0 Å². The van der Waals surface area contributed by atoms with Crippen molar-refractivity contribution in [1.82, 2.24) is 4.90 Å². The van der Waals surface area contributed by atoms with Crippen molar-refractivity contribution in [1.29, 1.82) is 0 Å². The Hall–Kier alpha value is -1.35. The predicted molar refractivity (Wildman–Crippen MR) is 81.4 cm³/mol. The summed E-state index contributed by atoms with van der Waals surface area (Å²) in [4.78, 5) is 14.5. The second kappa shape index (κ2) is 7.44. The van der Waals surface area contributed by atoms with Crippen LogP contribution in [-0.4, -0.2) is 36.9 Å². The van der Waals surface area contributed by atoms with Gasteiger partial charge in [-0.3, -0.25) is 9.69 Å². The first kappa shape index (κ1) is 15.0. The van der Waals surface area contributed by atoms with Crippen molar-refractivity contribution in [3.63, 3.8) is 0 Å². The van der Waals surface area contributed by atoms with Crippen molar-refractivity contribution in [2.24, 2.45) is 5.92 Å². The van der Waals surface area contributed by atoms with Crippen LogP contribution in [0, 0.1) is 5.92 Å². The Balaban J connectivity index is 1.88. The van der Waals surface area contributed by atoms with Crippen LogP contribution >= 0.6 is 0 Å². The van der Waals surface area contributed by atoms with Crippen molar-refractivity contribution in [2.75, 3.05) is 26.2 Å². The standard InChI is InChI=1S/C17H25NO2/c1-3-11-20-16-8-6-15(7-9-16)17(19)13-18-10-4-5-14(2)12-18/h6-9,14H,3-5,10-13H2,1-2H3. The molecule has 0 saturated carbocycles. The zero-order chi connectivity index (χ0) is 14.4. The Bertz CT molecular complexity index is 427. The molecule has 1 fully saturated rings. The molecule has 3 heteroatoms. The molecule has 1 aliphatic heterocycles. The minimum Gasteiger partial charge on any atom is -0.494 e. The average molecular weight is 275 g/mol. The topological polar surface area (TPSA) is 29.5 Å². The van der Waals surface area contributed by atoms with Gasteiger partial charge in [-0.05, 0) is 56.0 Å². The van der Waals surface area contributed by atoms with Crippen LogP contribution in [0.25, 0.3) is 0 Å². The highest BCUT2D eigenvalue weighted by molar-refractivity contribution is 5.97. The lowest BCUT2D eigenvalue weighted by Crippen LogP contribution is -2.37. The number of ketones is 1. The van der Waals surface area contributed by atoms with Crippen molar-refractivity contribution >= 4 is 5.78 Å². The molecule has 110 valence electrons. The molecule has 0 aromatic heterocycles. The number of nitrogens with zero attached hydrogens (tertiary/aromatic N) is 1. The molecule has 0 N–H and O–H groups in total. The number of Topliss-reactive ketones (excluding diaryl/α,β-unsaturated/α-hetero) is 1. The number of ether oxygens (including phenoxy) is 1. The Morgan fingerprint density at radius 3 is 2.75 bits per heavy atom. The Labute approximate surface area is 121 Å². The van der Waals surface area contributed by atoms with Gasteiger partial charge in [0.1, 0.15) is 5.75 Å². The van der Waals surface area contributed by atoms with Crippen LogP contribution in [0.1, 0.15) is 43.5 Å². The lowest BCUT2D eigenvalue weighted by atomic mass is 9.99. The summed E-state index contributed by atoms with van der Waals surface area (Å²) in [6.45, 7) is 7.70. The normalized spacial score (nSPS) is 19.8. The van der Waals surface area contributed by atoms with Crippen LogP contribution in [0.5, 0.6) is 5.75 Å². The Morgan fingerprint density at radius 2 is 2.10 bits per heavy atom. The fourth-order valence-corrected chi connectivity index (χ4v) is 2.68. The molecule has 0 spiro atoms. The van der Waals surface area contributed by atoms with Crippen LogP contribution in [0.2, 0.25) is 0 Å². The number of likely N-dealkylation sites (tertiary alicyclic amines) is 1. The van der Waals surface area contributed by atoms with Crippen molar-refractivity contribution in [3.8, 4) is 5.75 Å². The third-order valence-corrected chi connectivity index (χ3v) is 3.76. The fraction of sp³-hybridized carbons (Fsp3) is 0.588. The average Bonchev–Trinajstić information content (AvgIpc) is 2.45. The van der Waals surface area contributed by atoms with Crippen LogP contribution in [-0.2, 0) is 0 Å². The molecule has 1 aliphatic rings. The van der Waals surface area contributed by atoms with Gasteiger partial charge in [-0.25, -0.2) is 0 Å². The van der Waals surface area contributed by atoms with Crippen LogP contribution in [0.3, 0.4) is 0 Å². The van der Waals surface area contributed by atoms with Crippen molar-refractivity contribution < 1.29 is 9.53 Å². The highest BCUT2D eigenvalue weighted by Gasteiger charge is 2.19. The number of hydrogen-bond acceptors (Lipinski definition) is 3. The first-order chi connectivity index (χ1) is 9.69. The van der Waals surface area contributed by atoms with Gasteiger partial charge in [0.2, 0.25) is 0 Å². The van der Waals surface area contributed by atoms with Gasteiger partial charge in [0.25, 0.3) is 0 Å². The maximum Gasteiger partial charge on any atom is 0.176 e. The summed E-state index contributed by atoms with van der Waals surface area (Å²) >= 11 is 0. The SMILES string of the molecule is CCCOc1ccc(C(=O)CN2CCCC(C)C2)cc1. The third kappa shape index (κ3) is 4.34. The van der Waals surface area contributed by atoms with Gasteiger partial charge in [-0.15, -0.1) is 0 Å². The maximum absolute atomic E-state index is 12.3. The zero-order valence-corrected chi connectivity index (χ0v) is 12.6. The summed E-state index contributed by atoms with van der Waals surface area (Å²) in [6, 6.07) is 7.53. The van der Waals surface area contributed by atoms with Gasteiger partial charge in [0.15, 0.2) is 5.78 Å². The van der Waals surface area contributed by atoms with Crippen molar-refractivity contribution in [3.05, 3.63) is 29.8 Å². The summed E-state index contributed by atoms with van der Waals surface area (Å²) in [6.07, 6.45) is 3.49. The third-order valence-electron chi connectivity index (χ3n) is 3.76. The molecule has 1 unspecified atom stereocenters. The molecule has 20 heavy (non-hydrogen) atoms. The van der Waals surface area contributed by atoms with Crippen LogP contribution < -0.4 is 4.74 Å². The molecule has 1 atom stereocenters. The Morgan fingerprint density at radius 1 is 1.35 bits per heavy atom. The number of carbonyl (C=O) groups excluding carboxylic acids is 1. The summed E-state index contributed by atoms with van der Waals surface area (Å²) in [5.74, 6) is 1.76.